The van der Waals surface area contributed by atoms with E-state index in [4.69, 9.17) is 15.2 Å². The average molecular weight is 417 g/mol. The van der Waals surface area contributed by atoms with Crippen LogP contribution in [0.5, 0.6) is 11.5 Å². The summed E-state index contributed by atoms with van der Waals surface area (Å²) in [4.78, 5) is 0. The Kier molecular flexibility index (Phi) is 6.18. The molecule has 0 aliphatic carbocycles. The summed E-state index contributed by atoms with van der Waals surface area (Å²) >= 11 is 0. The van der Waals surface area contributed by atoms with Crippen LogP contribution in [0.4, 0.5) is 22.0 Å². The normalized spacial score (nSPS) is 15.0. The maximum Gasteiger partial charge on any atom is 0.200 e. The van der Waals surface area contributed by atoms with Crippen molar-refractivity contribution in [1.82, 2.24) is 0 Å². The molecule has 2 N–H and O–H groups in total. The zero-order chi connectivity index (χ0) is 22.3. The fourth-order valence-corrected chi connectivity index (χ4v) is 3.53. The molecule has 0 bridgehead atoms. The Labute approximate surface area is 166 Å². The van der Waals surface area contributed by atoms with Gasteiger partial charge in [-0.15, -0.1) is 0 Å². The second-order valence-corrected chi connectivity index (χ2v) is 7.74. The highest BCUT2D eigenvalue weighted by Crippen LogP contribution is 2.45. The van der Waals surface area contributed by atoms with Crippen LogP contribution in [0.3, 0.4) is 0 Å². The maximum absolute atomic E-state index is 14.4. The minimum absolute atomic E-state index is 0.431. The van der Waals surface area contributed by atoms with Gasteiger partial charge in [0.05, 0.1) is 14.2 Å². The predicted octanol–water partition coefficient (Wildman–Crippen LogP) is 5.19. The summed E-state index contributed by atoms with van der Waals surface area (Å²) in [6, 6.07) is 5.07. The van der Waals surface area contributed by atoms with Gasteiger partial charge in [-0.2, -0.15) is 0 Å². The zero-order valence-electron chi connectivity index (χ0n) is 17.1. The average Bonchev–Trinajstić information content (AvgIpc) is 2.69. The molecular weight excluding hydrogens is 393 g/mol. The lowest BCUT2D eigenvalue weighted by Gasteiger charge is -2.43. The Morgan fingerprint density at radius 2 is 1.24 bits per heavy atom. The van der Waals surface area contributed by atoms with Gasteiger partial charge < -0.3 is 15.2 Å². The molecule has 0 fully saturated rings. The first-order valence-electron chi connectivity index (χ1n) is 8.85. The van der Waals surface area contributed by atoms with Crippen LogP contribution in [-0.4, -0.2) is 14.2 Å². The Bertz CT molecular complexity index is 899. The highest BCUT2D eigenvalue weighted by atomic mass is 19.2. The number of hydrogen-bond donors (Lipinski definition) is 1. The molecule has 0 amide bonds. The molecule has 2 unspecified atom stereocenters. The van der Waals surface area contributed by atoms with Crippen LogP contribution >= 0.6 is 0 Å². The number of methoxy groups -OCH3 is 2. The van der Waals surface area contributed by atoms with Gasteiger partial charge in [-0.3, -0.25) is 0 Å². The minimum Gasteiger partial charge on any atom is -0.493 e. The standard InChI is InChI=1S/C21H24F5NO2/c1-10(20(2,3)11-7-8-12(28-5)13(9-11)29-6)21(4,27)14-15(22)17(24)19(26)18(25)16(14)23/h7-10H,27H2,1-6H3. The Morgan fingerprint density at radius 3 is 1.69 bits per heavy atom. The summed E-state index contributed by atoms with van der Waals surface area (Å²) in [5.74, 6) is -9.97. The molecule has 0 aliphatic heterocycles. The molecule has 2 atom stereocenters. The second-order valence-electron chi connectivity index (χ2n) is 7.74. The molecule has 2 aromatic carbocycles. The van der Waals surface area contributed by atoms with Crippen molar-refractivity contribution in [2.24, 2.45) is 11.7 Å². The Balaban J connectivity index is 2.62. The summed E-state index contributed by atoms with van der Waals surface area (Å²) in [6.45, 7) is 6.36. The van der Waals surface area contributed by atoms with Crippen LogP contribution < -0.4 is 15.2 Å². The van der Waals surface area contributed by atoms with E-state index in [2.05, 4.69) is 0 Å². The first-order chi connectivity index (χ1) is 13.3. The van der Waals surface area contributed by atoms with Gasteiger partial charge in [0.15, 0.2) is 34.8 Å². The molecule has 3 nitrogen and oxygen atoms in total. The number of rotatable bonds is 6. The highest BCUT2D eigenvalue weighted by molar-refractivity contribution is 5.45. The van der Waals surface area contributed by atoms with Crippen LogP contribution in [0, 0.1) is 35.0 Å². The number of nitrogens with two attached hydrogens (primary N) is 1. The Hall–Kier alpha value is -2.35. The first-order valence-corrected chi connectivity index (χ1v) is 8.85. The van der Waals surface area contributed by atoms with E-state index in [1.165, 1.54) is 21.1 Å². The fraction of sp³-hybridized carbons (Fsp3) is 0.429. The summed E-state index contributed by atoms with van der Waals surface area (Å²) in [6.07, 6.45) is 0. The Morgan fingerprint density at radius 1 is 0.793 bits per heavy atom. The first kappa shape index (κ1) is 22.9. The van der Waals surface area contributed by atoms with Gasteiger partial charge in [0, 0.05) is 11.1 Å². The van der Waals surface area contributed by atoms with Gasteiger partial charge in [-0.05, 0) is 36.0 Å². The van der Waals surface area contributed by atoms with Crippen molar-refractivity contribution in [3.63, 3.8) is 0 Å². The molecule has 2 rings (SSSR count). The summed E-state index contributed by atoms with van der Waals surface area (Å²) in [7, 11) is 2.94. The van der Waals surface area contributed by atoms with Crippen molar-refractivity contribution in [3.8, 4) is 11.5 Å². The molecule has 0 heterocycles. The smallest absolute Gasteiger partial charge is 0.200 e. The van der Waals surface area contributed by atoms with Gasteiger partial charge >= 0.3 is 0 Å². The molecular formula is C21H24F5NO2. The van der Waals surface area contributed by atoms with E-state index in [-0.39, 0.29) is 0 Å². The zero-order valence-corrected chi connectivity index (χ0v) is 17.1. The molecule has 0 saturated carbocycles. The largest absolute Gasteiger partial charge is 0.493 e. The lowest BCUT2D eigenvalue weighted by atomic mass is 9.64. The molecule has 0 saturated heterocycles. The van der Waals surface area contributed by atoms with E-state index in [1.807, 2.05) is 0 Å². The van der Waals surface area contributed by atoms with Crippen molar-refractivity contribution in [2.75, 3.05) is 14.2 Å². The molecule has 0 aliphatic rings. The fourth-order valence-electron chi connectivity index (χ4n) is 3.53. The van der Waals surface area contributed by atoms with Crippen LogP contribution in [0.25, 0.3) is 0 Å². The van der Waals surface area contributed by atoms with Crippen molar-refractivity contribution >= 4 is 0 Å². The third-order valence-electron chi connectivity index (χ3n) is 5.86. The lowest BCUT2D eigenvalue weighted by molar-refractivity contribution is 0.194. The van der Waals surface area contributed by atoms with Crippen LogP contribution in [0.2, 0.25) is 0 Å². The molecule has 8 heteroatoms. The van der Waals surface area contributed by atoms with E-state index in [9.17, 15) is 22.0 Å². The maximum atomic E-state index is 14.4. The molecule has 29 heavy (non-hydrogen) atoms. The number of halogens is 5. The van der Waals surface area contributed by atoms with E-state index < -0.39 is 51.5 Å². The topological polar surface area (TPSA) is 44.5 Å². The van der Waals surface area contributed by atoms with Crippen LogP contribution in [0.1, 0.15) is 38.8 Å². The monoisotopic (exact) mass is 417 g/mol. The molecule has 0 radical (unpaired) electrons. The molecule has 160 valence electrons. The predicted molar refractivity (Wildman–Crippen MR) is 99.5 cm³/mol. The minimum atomic E-state index is -2.22. The third kappa shape index (κ3) is 3.66. The summed E-state index contributed by atoms with van der Waals surface area (Å²) in [5, 5.41) is 0. The number of ether oxygens (including phenoxy) is 2. The highest BCUT2D eigenvalue weighted by Gasteiger charge is 2.45. The summed E-state index contributed by atoms with van der Waals surface area (Å²) < 4.78 is 80.3. The lowest BCUT2D eigenvalue weighted by Crippen LogP contribution is -2.49. The van der Waals surface area contributed by atoms with Gasteiger partial charge in [-0.1, -0.05) is 26.8 Å². The number of benzene rings is 2. The van der Waals surface area contributed by atoms with Crippen LogP contribution in [0.15, 0.2) is 18.2 Å². The quantitative estimate of drug-likeness (QED) is 0.400. The van der Waals surface area contributed by atoms with Crippen molar-refractivity contribution in [1.29, 1.82) is 0 Å². The molecule has 2 aromatic rings. The van der Waals surface area contributed by atoms with Crippen molar-refractivity contribution < 1.29 is 31.4 Å². The second kappa shape index (κ2) is 7.82. The van der Waals surface area contributed by atoms with Crippen LogP contribution in [-0.2, 0) is 11.0 Å². The SMILES string of the molecule is COc1ccc(C(C)(C)C(C)C(C)(N)c2c(F)c(F)c(F)c(F)c2F)cc1OC. The van der Waals surface area contributed by atoms with Gasteiger partial charge in [-0.25, -0.2) is 22.0 Å². The van der Waals surface area contributed by atoms with Crippen molar-refractivity contribution in [3.05, 3.63) is 58.4 Å². The van der Waals surface area contributed by atoms with E-state index in [0.29, 0.717) is 17.1 Å². The molecule has 0 aromatic heterocycles. The van der Waals surface area contributed by atoms with Gasteiger partial charge in [0.25, 0.3) is 0 Å². The number of hydrogen-bond acceptors (Lipinski definition) is 3. The van der Waals surface area contributed by atoms with Crippen molar-refractivity contribution in [2.45, 2.75) is 38.6 Å². The van der Waals surface area contributed by atoms with E-state index in [0.717, 1.165) is 0 Å². The summed E-state index contributed by atoms with van der Waals surface area (Å²) in [5.41, 5.74) is 3.13. The van der Waals surface area contributed by atoms with Gasteiger partial charge in [0.2, 0.25) is 5.82 Å². The van der Waals surface area contributed by atoms with E-state index in [1.54, 1.807) is 39.0 Å². The third-order valence-corrected chi connectivity index (χ3v) is 5.86. The van der Waals surface area contributed by atoms with E-state index >= 15 is 0 Å². The molecule has 0 spiro atoms. The van der Waals surface area contributed by atoms with Gasteiger partial charge in [0.1, 0.15) is 0 Å².